The summed E-state index contributed by atoms with van der Waals surface area (Å²) in [7, 11) is 0. The summed E-state index contributed by atoms with van der Waals surface area (Å²) in [6, 6.07) is 2.02. The van der Waals surface area contributed by atoms with Crippen molar-refractivity contribution in [3.63, 3.8) is 0 Å². The van der Waals surface area contributed by atoms with Crippen molar-refractivity contribution < 1.29 is 9.32 Å². The van der Waals surface area contributed by atoms with Crippen molar-refractivity contribution in [2.24, 2.45) is 5.73 Å². The molecule has 2 rings (SSSR count). The zero-order valence-corrected chi connectivity index (χ0v) is 11.8. The van der Waals surface area contributed by atoms with Crippen LogP contribution in [0, 0.1) is 0 Å². The van der Waals surface area contributed by atoms with Gasteiger partial charge in [-0.15, -0.1) is 0 Å². The second kappa shape index (κ2) is 6.19. The van der Waals surface area contributed by atoms with Crippen LogP contribution in [-0.4, -0.2) is 35.1 Å². The van der Waals surface area contributed by atoms with Crippen LogP contribution in [0.2, 0.25) is 0 Å². The van der Waals surface area contributed by atoms with E-state index >= 15 is 0 Å². The Morgan fingerprint density at radius 2 is 2.11 bits per heavy atom. The summed E-state index contributed by atoms with van der Waals surface area (Å²) >= 11 is 0. The van der Waals surface area contributed by atoms with Gasteiger partial charge in [-0.1, -0.05) is 19.0 Å². The van der Waals surface area contributed by atoms with Crippen molar-refractivity contribution in [3.8, 4) is 0 Å². The van der Waals surface area contributed by atoms with Crippen LogP contribution in [0.5, 0.6) is 0 Å². The van der Waals surface area contributed by atoms with Crippen LogP contribution in [0.3, 0.4) is 0 Å². The monoisotopic (exact) mass is 265 g/mol. The maximum Gasteiger partial charge on any atom is 0.292 e. The van der Waals surface area contributed by atoms with Gasteiger partial charge in [0.2, 0.25) is 5.76 Å². The molecule has 19 heavy (non-hydrogen) atoms. The summed E-state index contributed by atoms with van der Waals surface area (Å²) < 4.78 is 5.22. The van der Waals surface area contributed by atoms with E-state index < -0.39 is 0 Å². The number of nitrogens with zero attached hydrogens (tertiary/aromatic N) is 2. The van der Waals surface area contributed by atoms with Crippen molar-refractivity contribution >= 4 is 5.91 Å². The lowest BCUT2D eigenvalue weighted by Crippen LogP contribution is -2.42. The zero-order chi connectivity index (χ0) is 13.8. The highest BCUT2D eigenvalue weighted by Gasteiger charge is 2.25. The normalized spacial score (nSPS) is 17.2. The minimum absolute atomic E-state index is 0.0587. The van der Waals surface area contributed by atoms with Crippen LogP contribution in [-0.2, 0) is 0 Å². The molecule has 1 aromatic heterocycles. The van der Waals surface area contributed by atoms with Gasteiger partial charge < -0.3 is 15.2 Å². The molecule has 1 amide bonds. The van der Waals surface area contributed by atoms with E-state index in [1.165, 1.54) is 0 Å². The maximum atomic E-state index is 12.3. The molecule has 2 N–H and O–H groups in total. The highest BCUT2D eigenvalue weighted by molar-refractivity contribution is 5.91. The molecule has 1 aliphatic rings. The molecule has 1 aliphatic heterocycles. The molecule has 5 heteroatoms. The van der Waals surface area contributed by atoms with E-state index in [1.807, 2.05) is 0 Å². The number of carbonyl (C=O) groups excluding carboxylic acids is 1. The number of likely N-dealkylation sites (tertiary alicyclic amines) is 1. The Bertz CT molecular complexity index is 418. The summed E-state index contributed by atoms with van der Waals surface area (Å²) in [5.41, 5.74) is 6.73. The summed E-state index contributed by atoms with van der Waals surface area (Å²) in [5, 5.41) is 4.04. The SMILES string of the molecule is CCC(CC)c1cc(C(=O)N2CCC(N)CC2)on1. The molecule has 5 nitrogen and oxygen atoms in total. The number of nitrogens with two attached hydrogens (primary N) is 1. The molecule has 0 radical (unpaired) electrons. The molecular weight excluding hydrogens is 242 g/mol. The van der Waals surface area contributed by atoms with Gasteiger partial charge >= 0.3 is 0 Å². The third-order valence-corrected chi connectivity index (χ3v) is 3.97. The van der Waals surface area contributed by atoms with Crippen molar-refractivity contribution in [3.05, 3.63) is 17.5 Å². The van der Waals surface area contributed by atoms with Gasteiger partial charge in [0.05, 0.1) is 5.69 Å². The predicted molar refractivity (Wildman–Crippen MR) is 72.9 cm³/mol. The van der Waals surface area contributed by atoms with E-state index in [4.69, 9.17) is 10.3 Å². The number of hydrogen-bond donors (Lipinski definition) is 1. The number of amides is 1. The Morgan fingerprint density at radius 3 is 2.68 bits per heavy atom. The molecular formula is C14H23N3O2. The van der Waals surface area contributed by atoms with E-state index in [0.717, 1.165) is 31.4 Å². The molecule has 0 saturated carbocycles. The van der Waals surface area contributed by atoms with Gasteiger partial charge in [0.15, 0.2) is 0 Å². The fourth-order valence-corrected chi connectivity index (χ4v) is 2.55. The second-order valence-electron chi connectivity index (χ2n) is 5.26. The summed E-state index contributed by atoms with van der Waals surface area (Å²) in [5.74, 6) is 0.675. The average molecular weight is 265 g/mol. The average Bonchev–Trinajstić information content (AvgIpc) is 2.90. The van der Waals surface area contributed by atoms with Crippen LogP contribution in [0.1, 0.15) is 61.7 Å². The van der Waals surface area contributed by atoms with Crippen LogP contribution in [0.4, 0.5) is 0 Å². The van der Waals surface area contributed by atoms with Gasteiger partial charge in [-0.05, 0) is 25.7 Å². The Kier molecular flexibility index (Phi) is 4.58. The van der Waals surface area contributed by atoms with Gasteiger partial charge in [0, 0.05) is 31.1 Å². The Balaban J connectivity index is 2.03. The fourth-order valence-electron chi connectivity index (χ4n) is 2.55. The van der Waals surface area contributed by atoms with E-state index in [0.29, 0.717) is 24.8 Å². The first-order chi connectivity index (χ1) is 9.15. The van der Waals surface area contributed by atoms with Crippen LogP contribution in [0.15, 0.2) is 10.6 Å². The first-order valence-corrected chi connectivity index (χ1v) is 7.17. The standard InChI is InChI=1S/C14H23N3O2/c1-3-10(4-2)12-9-13(19-16-12)14(18)17-7-5-11(15)6-8-17/h9-11H,3-8,15H2,1-2H3. The minimum Gasteiger partial charge on any atom is -0.351 e. The molecule has 2 heterocycles. The van der Waals surface area contributed by atoms with Crippen LogP contribution in [0.25, 0.3) is 0 Å². The summed E-state index contributed by atoms with van der Waals surface area (Å²) in [6.07, 6.45) is 3.74. The lowest BCUT2D eigenvalue weighted by atomic mass is 9.99. The van der Waals surface area contributed by atoms with E-state index in [-0.39, 0.29) is 11.9 Å². The van der Waals surface area contributed by atoms with Gasteiger partial charge in [-0.2, -0.15) is 0 Å². The van der Waals surface area contributed by atoms with E-state index in [2.05, 4.69) is 19.0 Å². The highest BCUT2D eigenvalue weighted by atomic mass is 16.5. The minimum atomic E-state index is -0.0587. The molecule has 1 fully saturated rings. The smallest absolute Gasteiger partial charge is 0.292 e. The number of carbonyl (C=O) groups is 1. The van der Waals surface area contributed by atoms with Crippen molar-refractivity contribution in [2.45, 2.75) is 51.5 Å². The predicted octanol–water partition coefficient (Wildman–Crippen LogP) is 2.14. The Labute approximate surface area is 114 Å². The van der Waals surface area contributed by atoms with Gasteiger partial charge in [-0.3, -0.25) is 4.79 Å². The number of hydrogen-bond acceptors (Lipinski definition) is 4. The molecule has 0 bridgehead atoms. The van der Waals surface area contributed by atoms with Gasteiger partial charge in [0.25, 0.3) is 5.91 Å². The van der Waals surface area contributed by atoms with Crippen LogP contribution >= 0.6 is 0 Å². The Hall–Kier alpha value is -1.36. The van der Waals surface area contributed by atoms with Crippen molar-refractivity contribution in [1.29, 1.82) is 0 Å². The summed E-state index contributed by atoms with van der Waals surface area (Å²) in [6.45, 7) is 5.66. The molecule has 0 unspecified atom stereocenters. The maximum absolute atomic E-state index is 12.3. The highest BCUT2D eigenvalue weighted by Crippen LogP contribution is 2.23. The van der Waals surface area contributed by atoms with E-state index in [1.54, 1.807) is 11.0 Å². The molecule has 1 aromatic rings. The topological polar surface area (TPSA) is 72.4 Å². The van der Waals surface area contributed by atoms with Crippen molar-refractivity contribution in [1.82, 2.24) is 10.1 Å². The quantitative estimate of drug-likeness (QED) is 0.905. The van der Waals surface area contributed by atoms with E-state index in [9.17, 15) is 4.79 Å². The zero-order valence-electron chi connectivity index (χ0n) is 11.8. The lowest BCUT2D eigenvalue weighted by Gasteiger charge is -2.29. The molecule has 1 saturated heterocycles. The molecule has 106 valence electrons. The first kappa shape index (κ1) is 14.1. The van der Waals surface area contributed by atoms with Gasteiger partial charge in [0.1, 0.15) is 0 Å². The number of piperidine rings is 1. The molecule has 0 aromatic carbocycles. The third kappa shape index (κ3) is 3.15. The fraction of sp³-hybridized carbons (Fsp3) is 0.714. The second-order valence-corrected chi connectivity index (χ2v) is 5.26. The third-order valence-electron chi connectivity index (χ3n) is 3.97. The first-order valence-electron chi connectivity index (χ1n) is 7.17. The lowest BCUT2D eigenvalue weighted by molar-refractivity contribution is 0.0672. The molecule has 0 atom stereocenters. The Morgan fingerprint density at radius 1 is 1.47 bits per heavy atom. The van der Waals surface area contributed by atoms with Crippen LogP contribution < -0.4 is 5.73 Å². The largest absolute Gasteiger partial charge is 0.351 e. The molecule has 0 aliphatic carbocycles. The number of rotatable bonds is 4. The van der Waals surface area contributed by atoms with Gasteiger partial charge in [-0.25, -0.2) is 0 Å². The molecule has 0 spiro atoms. The number of aromatic nitrogens is 1. The van der Waals surface area contributed by atoms with Crippen molar-refractivity contribution in [2.75, 3.05) is 13.1 Å². The summed E-state index contributed by atoms with van der Waals surface area (Å²) in [4.78, 5) is 14.1.